The summed E-state index contributed by atoms with van der Waals surface area (Å²) in [4.78, 5) is 0. The second kappa shape index (κ2) is 5.48. The van der Waals surface area contributed by atoms with E-state index in [0.717, 1.165) is 38.7 Å². The van der Waals surface area contributed by atoms with Crippen molar-refractivity contribution in [3.63, 3.8) is 0 Å². The molecule has 0 bridgehead atoms. The molecule has 3 nitrogen and oxygen atoms in total. The number of aromatic nitrogens is 1. The van der Waals surface area contributed by atoms with Crippen molar-refractivity contribution >= 4 is 43.7 Å². The van der Waals surface area contributed by atoms with Crippen LogP contribution in [0.25, 0.3) is 49.4 Å². The smallest absolute Gasteiger partial charge is 0.159 e. The Hall–Kier alpha value is -4.03. The first kappa shape index (κ1) is 15.1. The third kappa shape index (κ3) is 1.92. The van der Waals surface area contributed by atoms with E-state index in [0.29, 0.717) is 5.56 Å². The standard InChI is InChI=1S/C25H14N2O/c26-15-16-12-13-24-20(14-16)19-8-5-11-23(25(19)28-24)27-21-9-3-1-6-17(21)18-7-2-4-10-22(18)27/h1-14H. The first-order valence-electron chi connectivity index (χ1n) is 9.19. The fourth-order valence-electron chi connectivity index (χ4n) is 4.21. The van der Waals surface area contributed by atoms with Gasteiger partial charge in [-0.25, -0.2) is 0 Å². The van der Waals surface area contributed by atoms with Gasteiger partial charge >= 0.3 is 0 Å². The van der Waals surface area contributed by atoms with Gasteiger partial charge in [0, 0.05) is 21.5 Å². The predicted octanol–water partition coefficient (Wildman–Crippen LogP) is 6.55. The summed E-state index contributed by atoms with van der Waals surface area (Å²) in [5.41, 5.74) is 5.56. The molecule has 0 fully saturated rings. The Kier molecular flexibility index (Phi) is 2.95. The highest BCUT2D eigenvalue weighted by atomic mass is 16.3. The molecule has 0 saturated carbocycles. The number of benzene rings is 4. The molecule has 4 aromatic carbocycles. The number of fused-ring (bicyclic) bond motifs is 6. The number of nitrogens with zero attached hydrogens (tertiary/aromatic N) is 2. The topological polar surface area (TPSA) is 41.9 Å². The van der Waals surface area contributed by atoms with Gasteiger partial charge in [0.25, 0.3) is 0 Å². The molecule has 0 amide bonds. The van der Waals surface area contributed by atoms with Gasteiger partial charge in [-0.1, -0.05) is 48.5 Å². The monoisotopic (exact) mass is 358 g/mol. The molecule has 28 heavy (non-hydrogen) atoms. The van der Waals surface area contributed by atoms with E-state index in [9.17, 15) is 5.26 Å². The Labute approximate surface area is 160 Å². The highest BCUT2D eigenvalue weighted by Gasteiger charge is 2.17. The molecule has 0 saturated heterocycles. The lowest BCUT2D eigenvalue weighted by Crippen LogP contribution is -1.93. The van der Waals surface area contributed by atoms with E-state index >= 15 is 0 Å². The molecular weight excluding hydrogens is 344 g/mol. The van der Waals surface area contributed by atoms with Crippen molar-refractivity contribution in [2.24, 2.45) is 0 Å². The Morgan fingerprint density at radius 3 is 2.07 bits per heavy atom. The number of para-hydroxylation sites is 3. The van der Waals surface area contributed by atoms with Gasteiger partial charge in [0.05, 0.1) is 28.4 Å². The van der Waals surface area contributed by atoms with Crippen LogP contribution in [0.5, 0.6) is 0 Å². The van der Waals surface area contributed by atoms with E-state index in [1.54, 1.807) is 6.07 Å². The number of nitriles is 1. The molecule has 0 N–H and O–H groups in total. The van der Waals surface area contributed by atoms with Crippen molar-refractivity contribution < 1.29 is 4.42 Å². The summed E-state index contributed by atoms with van der Waals surface area (Å²) in [6.45, 7) is 0. The highest BCUT2D eigenvalue weighted by molar-refractivity contribution is 6.12. The van der Waals surface area contributed by atoms with Crippen LogP contribution in [-0.2, 0) is 0 Å². The first-order valence-corrected chi connectivity index (χ1v) is 9.19. The van der Waals surface area contributed by atoms with Gasteiger partial charge in [0.1, 0.15) is 5.58 Å². The van der Waals surface area contributed by atoms with Gasteiger partial charge in [0.2, 0.25) is 0 Å². The van der Waals surface area contributed by atoms with Gasteiger partial charge in [-0.05, 0) is 36.4 Å². The molecular formula is C25H14N2O. The Bertz CT molecular complexity index is 1520. The van der Waals surface area contributed by atoms with Crippen molar-refractivity contribution in [1.82, 2.24) is 4.57 Å². The van der Waals surface area contributed by atoms with Gasteiger partial charge in [-0.15, -0.1) is 0 Å². The van der Waals surface area contributed by atoms with Crippen molar-refractivity contribution in [1.29, 1.82) is 5.26 Å². The molecule has 0 spiro atoms. The van der Waals surface area contributed by atoms with E-state index < -0.39 is 0 Å². The number of hydrogen-bond donors (Lipinski definition) is 0. The molecule has 0 unspecified atom stereocenters. The highest BCUT2D eigenvalue weighted by Crippen LogP contribution is 2.37. The molecule has 6 rings (SSSR count). The number of furan rings is 1. The van der Waals surface area contributed by atoms with E-state index in [4.69, 9.17) is 4.42 Å². The third-order valence-corrected chi connectivity index (χ3v) is 5.43. The zero-order valence-corrected chi connectivity index (χ0v) is 14.9. The summed E-state index contributed by atoms with van der Waals surface area (Å²) < 4.78 is 8.54. The Morgan fingerprint density at radius 1 is 0.679 bits per heavy atom. The zero-order chi connectivity index (χ0) is 18.7. The Morgan fingerprint density at radius 2 is 1.36 bits per heavy atom. The van der Waals surface area contributed by atoms with Crippen LogP contribution >= 0.6 is 0 Å². The van der Waals surface area contributed by atoms with Crippen molar-refractivity contribution in [2.75, 3.05) is 0 Å². The minimum absolute atomic E-state index is 0.637. The van der Waals surface area contributed by atoms with Crippen LogP contribution in [0.4, 0.5) is 0 Å². The number of rotatable bonds is 1. The van der Waals surface area contributed by atoms with Crippen LogP contribution < -0.4 is 0 Å². The summed E-state index contributed by atoms with van der Waals surface area (Å²) in [5.74, 6) is 0. The number of hydrogen-bond acceptors (Lipinski definition) is 2. The summed E-state index contributed by atoms with van der Waals surface area (Å²) in [6.07, 6.45) is 0. The van der Waals surface area contributed by atoms with E-state index in [1.165, 1.54) is 10.8 Å². The molecule has 3 heteroatoms. The molecule has 0 aliphatic heterocycles. The summed E-state index contributed by atoms with van der Waals surface area (Å²) in [6, 6.07) is 30.9. The van der Waals surface area contributed by atoms with Crippen LogP contribution in [0.15, 0.2) is 89.3 Å². The summed E-state index contributed by atoms with van der Waals surface area (Å²) in [5, 5.41) is 13.7. The Balaban J connectivity index is 1.80. The minimum atomic E-state index is 0.637. The second-order valence-electron chi connectivity index (χ2n) is 6.95. The lowest BCUT2D eigenvalue weighted by molar-refractivity contribution is 0.666. The van der Waals surface area contributed by atoms with Crippen LogP contribution in [0.3, 0.4) is 0 Å². The van der Waals surface area contributed by atoms with Gasteiger partial charge in [0.15, 0.2) is 5.58 Å². The van der Waals surface area contributed by atoms with Crippen molar-refractivity contribution in [3.05, 3.63) is 90.5 Å². The lowest BCUT2D eigenvalue weighted by atomic mass is 10.1. The van der Waals surface area contributed by atoms with Gasteiger partial charge in [-0.2, -0.15) is 5.26 Å². The SMILES string of the molecule is N#Cc1ccc2oc3c(-n4c5ccccc5c5ccccc54)cccc3c2c1. The maximum Gasteiger partial charge on any atom is 0.159 e. The maximum atomic E-state index is 9.26. The minimum Gasteiger partial charge on any atom is -0.454 e. The lowest BCUT2D eigenvalue weighted by Gasteiger charge is -2.08. The predicted molar refractivity (Wildman–Crippen MR) is 113 cm³/mol. The molecule has 0 atom stereocenters. The third-order valence-electron chi connectivity index (χ3n) is 5.43. The van der Waals surface area contributed by atoms with E-state index in [-0.39, 0.29) is 0 Å². The van der Waals surface area contributed by atoms with Gasteiger partial charge in [-0.3, -0.25) is 0 Å². The van der Waals surface area contributed by atoms with Crippen molar-refractivity contribution in [3.8, 4) is 11.8 Å². The second-order valence-corrected chi connectivity index (χ2v) is 6.95. The van der Waals surface area contributed by atoms with Gasteiger partial charge < -0.3 is 8.98 Å². The normalized spacial score (nSPS) is 11.5. The molecule has 0 aliphatic rings. The average Bonchev–Trinajstić information content (AvgIpc) is 3.29. The largest absolute Gasteiger partial charge is 0.454 e. The van der Waals surface area contributed by atoms with Crippen LogP contribution in [0.2, 0.25) is 0 Å². The molecule has 6 aromatic rings. The fraction of sp³-hybridized carbons (Fsp3) is 0. The van der Waals surface area contributed by atoms with E-state index in [2.05, 4.69) is 77.4 Å². The summed E-state index contributed by atoms with van der Waals surface area (Å²) in [7, 11) is 0. The van der Waals surface area contributed by atoms with Crippen molar-refractivity contribution in [2.45, 2.75) is 0 Å². The molecule has 2 aromatic heterocycles. The molecule has 0 aliphatic carbocycles. The zero-order valence-electron chi connectivity index (χ0n) is 14.9. The maximum absolute atomic E-state index is 9.26. The molecule has 130 valence electrons. The van der Waals surface area contributed by atoms with Crippen LogP contribution in [0.1, 0.15) is 5.56 Å². The average molecular weight is 358 g/mol. The molecule has 2 heterocycles. The van der Waals surface area contributed by atoms with E-state index in [1.807, 2.05) is 12.1 Å². The van der Waals surface area contributed by atoms with Crippen LogP contribution in [-0.4, -0.2) is 4.57 Å². The first-order chi connectivity index (χ1) is 13.8. The summed E-state index contributed by atoms with van der Waals surface area (Å²) >= 11 is 0. The molecule has 0 radical (unpaired) electrons. The van der Waals surface area contributed by atoms with Crippen LogP contribution in [0, 0.1) is 11.3 Å². The fourth-order valence-corrected chi connectivity index (χ4v) is 4.21. The quantitative estimate of drug-likeness (QED) is 0.334.